The number of hydrogen-bond donors (Lipinski definition) is 1. The molecular formula is C14H18N2O2. The van der Waals surface area contributed by atoms with Crippen LogP contribution in [0.2, 0.25) is 0 Å². The molecule has 0 fully saturated rings. The molecule has 0 spiro atoms. The second-order valence-corrected chi connectivity index (χ2v) is 3.90. The zero-order valence-corrected chi connectivity index (χ0v) is 10.8. The summed E-state index contributed by atoms with van der Waals surface area (Å²) in [5.74, 6) is 0.439. The van der Waals surface area contributed by atoms with Gasteiger partial charge in [0, 0.05) is 13.5 Å². The van der Waals surface area contributed by atoms with Gasteiger partial charge in [0.25, 0.3) is 0 Å². The molecule has 1 aromatic rings. The summed E-state index contributed by atoms with van der Waals surface area (Å²) < 4.78 is 5.40. The van der Waals surface area contributed by atoms with Gasteiger partial charge in [0.15, 0.2) is 0 Å². The van der Waals surface area contributed by atoms with Crippen LogP contribution in [-0.4, -0.2) is 19.6 Å². The molecule has 1 aromatic carbocycles. The predicted octanol–water partition coefficient (Wildman–Crippen LogP) is 2.22. The summed E-state index contributed by atoms with van der Waals surface area (Å²) in [6, 6.07) is 9.71. The molecule has 1 N–H and O–H groups in total. The minimum absolute atomic E-state index is 0.0452. The van der Waals surface area contributed by atoms with Crippen LogP contribution in [0, 0.1) is 11.3 Å². The summed E-state index contributed by atoms with van der Waals surface area (Å²) in [7, 11) is 1.60. The third kappa shape index (κ3) is 4.10. The second-order valence-electron chi connectivity index (χ2n) is 3.90. The van der Waals surface area contributed by atoms with Crippen LogP contribution in [-0.2, 0) is 4.79 Å². The van der Waals surface area contributed by atoms with Gasteiger partial charge >= 0.3 is 0 Å². The van der Waals surface area contributed by atoms with Gasteiger partial charge in [-0.3, -0.25) is 4.79 Å². The Bertz CT molecular complexity index is 438. The number of nitrogens with zero attached hydrogens (tertiary/aromatic N) is 1. The number of nitrogens with one attached hydrogen (secondary N) is 1. The highest BCUT2D eigenvalue weighted by Gasteiger charge is 2.13. The Balaban J connectivity index is 2.73. The molecule has 0 heterocycles. The molecule has 0 bridgehead atoms. The first-order valence-electron chi connectivity index (χ1n) is 6.04. The van der Waals surface area contributed by atoms with Gasteiger partial charge in [0.2, 0.25) is 5.91 Å². The lowest BCUT2D eigenvalue weighted by Crippen LogP contribution is -2.18. The molecule has 0 aliphatic carbocycles. The number of hydrogen-bond acceptors (Lipinski definition) is 3. The lowest BCUT2D eigenvalue weighted by molar-refractivity contribution is -0.120. The fourth-order valence-electron chi connectivity index (χ4n) is 1.69. The van der Waals surface area contributed by atoms with Crippen LogP contribution < -0.4 is 10.1 Å². The maximum absolute atomic E-state index is 11.2. The number of amides is 1. The van der Waals surface area contributed by atoms with Crippen LogP contribution in [0.25, 0.3) is 0 Å². The third-order valence-electron chi connectivity index (χ3n) is 2.67. The molecule has 96 valence electrons. The van der Waals surface area contributed by atoms with Gasteiger partial charge in [0.1, 0.15) is 5.75 Å². The Morgan fingerprint density at radius 2 is 2.33 bits per heavy atom. The van der Waals surface area contributed by atoms with Gasteiger partial charge in [-0.15, -0.1) is 0 Å². The zero-order chi connectivity index (χ0) is 13.4. The molecule has 4 heteroatoms. The first-order valence-corrected chi connectivity index (χ1v) is 6.04. The van der Waals surface area contributed by atoms with Crippen molar-refractivity contribution in [2.24, 2.45) is 0 Å². The fraction of sp³-hybridized carbons (Fsp3) is 0.429. The molecule has 18 heavy (non-hydrogen) atoms. The molecule has 0 aliphatic heterocycles. The molecular weight excluding hydrogens is 228 g/mol. The number of ether oxygens (including phenoxy) is 1. The quantitative estimate of drug-likeness (QED) is 0.837. The van der Waals surface area contributed by atoms with Crippen molar-refractivity contribution in [3.8, 4) is 11.8 Å². The number of carbonyl (C=O) groups excluding carboxylic acids is 1. The minimum atomic E-state index is -0.275. The standard InChI is InChI=1S/C14H18N2O2/c1-3-18-13-6-4-5-11(9-13)12(10-15)7-8-14(17)16-2/h4-6,9,12H,3,7-8H2,1-2H3,(H,16,17). The van der Waals surface area contributed by atoms with Crippen molar-refractivity contribution in [1.29, 1.82) is 5.26 Å². The number of benzene rings is 1. The fourth-order valence-corrected chi connectivity index (χ4v) is 1.69. The first kappa shape index (κ1) is 14.0. The summed E-state index contributed by atoms with van der Waals surface area (Å²) in [5.41, 5.74) is 0.896. The topological polar surface area (TPSA) is 62.1 Å². The Morgan fingerprint density at radius 1 is 1.56 bits per heavy atom. The normalized spacial score (nSPS) is 11.4. The lowest BCUT2D eigenvalue weighted by Gasteiger charge is -2.10. The summed E-state index contributed by atoms with van der Waals surface area (Å²) >= 11 is 0. The molecule has 0 aliphatic rings. The van der Waals surface area contributed by atoms with Crippen molar-refractivity contribution in [1.82, 2.24) is 5.32 Å². The third-order valence-corrected chi connectivity index (χ3v) is 2.67. The molecule has 1 amide bonds. The Hall–Kier alpha value is -2.02. The highest BCUT2D eigenvalue weighted by molar-refractivity contribution is 5.75. The van der Waals surface area contributed by atoms with E-state index in [0.717, 1.165) is 11.3 Å². The number of carbonyl (C=O) groups is 1. The molecule has 0 aromatic heterocycles. The van der Waals surface area contributed by atoms with Gasteiger partial charge in [-0.2, -0.15) is 5.26 Å². The Labute approximate surface area is 108 Å². The predicted molar refractivity (Wildman–Crippen MR) is 69.3 cm³/mol. The van der Waals surface area contributed by atoms with E-state index in [-0.39, 0.29) is 11.8 Å². The van der Waals surface area contributed by atoms with E-state index in [0.29, 0.717) is 19.4 Å². The highest BCUT2D eigenvalue weighted by Crippen LogP contribution is 2.24. The zero-order valence-electron chi connectivity index (χ0n) is 10.8. The van der Waals surface area contributed by atoms with Crippen LogP contribution >= 0.6 is 0 Å². The van der Waals surface area contributed by atoms with Crippen molar-refractivity contribution in [3.63, 3.8) is 0 Å². The molecule has 0 radical (unpaired) electrons. The van der Waals surface area contributed by atoms with Crippen LogP contribution in [0.3, 0.4) is 0 Å². The van der Waals surface area contributed by atoms with Gasteiger partial charge in [0.05, 0.1) is 18.6 Å². The molecule has 1 atom stereocenters. The largest absolute Gasteiger partial charge is 0.494 e. The average Bonchev–Trinajstić information content (AvgIpc) is 2.40. The number of rotatable bonds is 6. The maximum Gasteiger partial charge on any atom is 0.219 e. The molecule has 0 saturated heterocycles. The van der Waals surface area contributed by atoms with Crippen molar-refractivity contribution in [3.05, 3.63) is 29.8 Å². The summed E-state index contributed by atoms with van der Waals surface area (Å²) in [4.78, 5) is 11.2. The van der Waals surface area contributed by atoms with E-state index in [1.165, 1.54) is 0 Å². The van der Waals surface area contributed by atoms with Gasteiger partial charge in [-0.1, -0.05) is 12.1 Å². The van der Waals surface area contributed by atoms with Gasteiger partial charge in [-0.05, 0) is 31.0 Å². The molecule has 4 nitrogen and oxygen atoms in total. The van der Waals surface area contributed by atoms with E-state index in [1.54, 1.807) is 7.05 Å². The van der Waals surface area contributed by atoms with Crippen molar-refractivity contribution in [2.45, 2.75) is 25.7 Å². The monoisotopic (exact) mass is 246 g/mol. The second kappa shape index (κ2) is 7.33. The molecule has 1 rings (SSSR count). The van der Waals surface area contributed by atoms with Crippen molar-refractivity contribution >= 4 is 5.91 Å². The highest BCUT2D eigenvalue weighted by atomic mass is 16.5. The first-order chi connectivity index (χ1) is 8.71. The Kier molecular flexibility index (Phi) is 5.72. The van der Waals surface area contributed by atoms with Crippen LogP contribution in [0.15, 0.2) is 24.3 Å². The summed E-state index contributed by atoms with van der Waals surface area (Å²) in [5, 5.41) is 11.7. The van der Waals surface area contributed by atoms with E-state index >= 15 is 0 Å². The van der Waals surface area contributed by atoms with Crippen LogP contribution in [0.1, 0.15) is 31.2 Å². The maximum atomic E-state index is 11.2. The van der Waals surface area contributed by atoms with Crippen LogP contribution in [0.5, 0.6) is 5.75 Å². The average molecular weight is 246 g/mol. The minimum Gasteiger partial charge on any atom is -0.494 e. The molecule has 1 unspecified atom stereocenters. The van der Waals surface area contributed by atoms with E-state index in [9.17, 15) is 4.79 Å². The van der Waals surface area contributed by atoms with E-state index < -0.39 is 0 Å². The smallest absolute Gasteiger partial charge is 0.219 e. The van der Waals surface area contributed by atoms with Gasteiger partial charge < -0.3 is 10.1 Å². The van der Waals surface area contributed by atoms with Crippen molar-refractivity contribution in [2.75, 3.05) is 13.7 Å². The van der Waals surface area contributed by atoms with Gasteiger partial charge in [-0.25, -0.2) is 0 Å². The van der Waals surface area contributed by atoms with Crippen LogP contribution in [0.4, 0.5) is 0 Å². The summed E-state index contributed by atoms with van der Waals surface area (Å²) in [6.07, 6.45) is 0.874. The number of nitriles is 1. The van der Waals surface area contributed by atoms with E-state index in [4.69, 9.17) is 10.00 Å². The molecule has 0 saturated carbocycles. The lowest BCUT2D eigenvalue weighted by atomic mass is 9.95. The van der Waals surface area contributed by atoms with Crippen molar-refractivity contribution < 1.29 is 9.53 Å². The Morgan fingerprint density at radius 3 is 2.94 bits per heavy atom. The summed E-state index contributed by atoms with van der Waals surface area (Å²) in [6.45, 7) is 2.51. The van der Waals surface area contributed by atoms with E-state index in [2.05, 4.69) is 11.4 Å². The van der Waals surface area contributed by atoms with E-state index in [1.807, 2.05) is 31.2 Å². The SMILES string of the molecule is CCOc1cccc(C(C#N)CCC(=O)NC)c1.